The van der Waals surface area contributed by atoms with E-state index in [2.05, 4.69) is 10.3 Å². The van der Waals surface area contributed by atoms with Crippen LogP contribution < -0.4 is 14.8 Å². The van der Waals surface area contributed by atoms with Gasteiger partial charge in [-0.3, -0.25) is 9.78 Å². The van der Waals surface area contributed by atoms with E-state index < -0.39 is 6.10 Å². The largest absolute Gasteiger partial charge is 0.496 e. The zero-order chi connectivity index (χ0) is 16.4. The van der Waals surface area contributed by atoms with Gasteiger partial charge in [0.15, 0.2) is 6.10 Å². The second-order valence-electron chi connectivity index (χ2n) is 5.68. The zero-order valence-electron chi connectivity index (χ0n) is 13.6. The lowest BCUT2D eigenvalue weighted by Gasteiger charge is -2.14. The van der Waals surface area contributed by atoms with Crippen LogP contribution in [0.1, 0.15) is 22.4 Å². The highest BCUT2D eigenvalue weighted by Crippen LogP contribution is 2.28. The molecule has 2 heterocycles. The summed E-state index contributed by atoms with van der Waals surface area (Å²) in [7, 11) is 1.64. The summed E-state index contributed by atoms with van der Waals surface area (Å²) in [4.78, 5) is 16.7. The molecular weight excluding hydrogens is 292 g/mol. The molecule has 0 saturated carbocycles. The number of methoxy groups -OCH3 is 1. The standard InChI is InChI=1S/C18H20N2O3/c1-11-9-19-14(12(2)17(11)22-3)10-20-18(21)16-8-13-6-4-5-7-15(13)23-16/h4-7,9,16H,8,10H2,1-3H3,(H,20,21)/t16-/m0/s1. The van der Waals surface area contributed by atoms with E-state index in [-0.39, 0.29) is 5.91 Å². The Morgan fingerprint density at radius 3 is 2.91 bits per heavy atom. The van der Waals surface area contributed by atoms with Crippen LogP contribution in [0.2, 0.25) is 0 Å². The van der Waals surface area contributed by atoms with Crippen molar-refractivity contribution in [3.63, 3.8) is 0 Å². The Morgan fingerprint density at radius 2 is 2.17 bits per heavy atom. The Hall–Kier alpha value is -2.56. The third kappa shape index (κ3) is 2.99. The van der Waals surface area contributed by atoms with Crippen LogP contribution in [0, 0.1) is 13.8 Å². The van der Waals surface area contributed by atoms with Crippen LogP contribution in [-0.4, -0.2) is 24.1 Å². The van der Waals surface area contributed by atoms with E-state index in [0.29, 0.717) is 13.0 Å². The SMILES string of the molecule is COc1c(C)cnc(CNC(=O)[C@@H]2Cc3ccccc3O2)c1C. The molecular formula is C18H20N2O3. The molecule has 0 bridgehead atoms. The van der Waals surface area contributed by atoms with Gasteiger partial charge in [0.1, 0.15) is 11.5 Å². The summed E-state index contributed by atoms with van der Waals surface area (Å²) in [6, 6.07) is 7.73. The van der Waals surface area contributed by atoms with Gasteiger partial charge in [-0.15, -0.1) is 0 Å². The number of aromatic nitrogens is 1. The van der Waals surface area contributed by atoms with Gasteiger partial charge in [-0.1, -0.05) is 18.2 Å². The van der Waals surface area contributed by atoms with Crippen LogP contribution in [0.3, 0.4) is 0 Å². The van der Waals surface area contributed by atoms with E-state index >= 15 is 0 Å². The highest BCUT2D eigenvalue weighted by atomic mass is 16.5. The lowest BCUT2D eigenvalue weighted by atomic mass is 10.1. The number of hydrogen-bond donors (Lipinski definition) is 1. The fraction of sp³-hybridized carbons (Fsp3) is 0.333. The van der Waals surface area contributed by atoms with Crippen LogP contribution in [0.25, 0.3) is 0 Å². The quantitative estimate of drug-likeness (QED) is 0.941. The number of fused-ring (bicyclic) bond motifs is 1. The molecule has 1 aromatic carbocycles. The van der Waals surface area contributed by atoms with Crippen LogP contribution in [0.5, 0.6) is 11.5 Å². The highest BCUT2D eigenvalue weighted by Gasteiger charge is 2.28. The molecule has 1 amide bonds. The van der Waals surface area contributed by atoms with Crippen LogP contribution in [-0.2, 0) is 17.8 Å². The molecule has 2 aromatic rings. The molecule has 5 heteroatoms. The molecule has 0 fully saturated rings. The highest BCUT2D eigenvalue weighted by molar-refractivity contribution is 5.82. The normalized spacial score (nSPS) is 15.7. The number of ether oxygens (including phenoxy) is 2. The third-order valence-corrected chi connectivity index (χ3v) is 4.12. The number of rotatable bonds is 4. The molecule has 5 nitrogen and oxygen atoms in total. The predicted octanol–water partition coefficient (Wildman–Crippen LogP) is 2.33. The Morgan fingerprint density at radius 1 is 1.39 bits per heavy atom. The van der Waals surface area contributed by atoms with Gasteiger partial charge >= 0.3 is 0 Å². The van der Waals surface area contributed by atoms with Crippen LogP contribution in [0.15, 0.2) is 30.5 Å². The topological polar surface area (TPSA) is 60.5 Å². The molecule has 1 atom stereocenters. The fourth-order valence-corrected chi connectivity index (χ4v) is 2.86. The second-order valence-corrected chi connectivity index (χ2v) is 5.68. The summed E-state index contributed by atoms with van der Waals surface area (Å²) in [5, 5.41) is 2.91. The van der Waals surface area contributed by atoms with E-state index in [1.807, 2.05) is 38.1 Å². The number of pyridine rings is 1. The molecule has 23 heavy (non-hydrogen) atoms. The van der Waals surface area contributed by atoms with Gasteiger partial charge in [-0.25, -0.2) is 0 Å². The zero-order valence-corrected chi connectivity index (χ0v) is 13.6. The molecule has 0 aliphatic carbocycles. The number of aryl methyl sites for hydroxylation is 1. The van der Waals surface area contributed by atoms with Crippen LogP contribution >= 0.6 is 0 Å². The van der Waals surface area contributed by atoms with E-state index in [4.69, 9.17) is 9.47 Å². The monoisotopic (exact) mass is 312 g/mol. The maximum absolute atomic E-state index is 12.3. The van der Waals surface area contributed by atoms with Gasteiger partial charge in [-0.2, -0.15) is 0 Å². The minimum atomic E-state index is -0.472. The summed E-state index contributed by atoms with van der Waals surface area (Å²) < 4.78 is 11.1. The number of hydrogen-bond acceptors (Lipinski definition) is 4. The molecule has 0 unspecified atom stereocenters. The first-order valence-corrected chi connectivity index (χ1v) is 7.61. The average Bonchev–Trinajstić information content (AvgIpc) is 2.98. The van der Waals surface area contributed by atoms with Gasteiger partial charge < -0.3 is 14.8 Å². The van der Waals surface area contributed by atoms with E-state index in [0.717, 1.165) is 33.9 Å². The average molecular weight is 312 g/mol. The van der Waals surface area contributed by atoms with Gasteiger partial charge in [0.25, 0.3) is 5.91 Å². The maximum atomic E-state index is 12.3. The summed E-state index contributed by atoms with van der Waals surface area (Å²) in [5.74, 6) is 1.48. The van der Waals surface area contributed by atoms with Gasteiger partial charge in [0.05, 0.1) is 19.3 Å². The van der Waals surface area contributed by atoms with Gasteiger partial charge in [-0.05, 0) is 25.5 Å². The third-order valence-electron chi connectivity index (χ3n) is 4.12. The van der Waals surface area contributed by atoms with Crippen molar-refractivity contribution in [3.8, 4) is 11.5 Å². The van der Waals surface area contributed by atoms with E-state index in [9.17, 15) is 4.79 Å². The Labute approximate surface area is 135 Å². The molecule has 1 aromatic heterocycles. The lowest BCUT2D eigenvalue weighted by molar-refractivity contribution is -0.127. The van der Waals surface area contributed by atoms with Crippen LogP contribution in [0.4, 0.5) is 0 Å². The molecule has 0 saturated heterocycles. The smallest absolute Gasteiger partial charge is 0.261 e. The Bertz CT molecular complexity index is 718. The van der Waals surface area contributed by atoms with Gasteiger partial charge in [0.2, 0.25) is 0 Å². The summed E-state index contributed by atoms with van der Waals surface area (Å²) in [6.45, 7) is 4.25. The first-order valence-electron chi connectivity index (χ1n) is 7.61. The Balaban J connectivity index is 1.65. The van der Waals surface area contributed by atoms with Crippen molar-refractivity contribution < 1.29 is 14.3 Å². The molecule has 1 N–H and O–H groups in total. The molecule has 0 radical (unpaired) electrons. The number of carbonyl (C=O) groups is 1. The minimum absolute atomic E-state index is 0.123. The number of para-hydroxylation sites is 1. The van der Waals surface area contributed by atoms with Gasteiger partial charge in [0, 0.05) is 23.7 Å². The fourth-order valence-electron chi connectivity index (χ4n) is 2.86. The first-order chi connectivity index (χ1) is 11.1. The lowest BCUT2D eigenvalue weighted by Crippen LogP contribution is -2.37. The summed E-state index contributed by atoms with van der Waals surface area (Å²) >= 11 is 0. The number of nitrogens with one attached hydrogen (secondary N) is 1. The van der Waals surface area contributed by atoms with Crippen molar-refractivity contribution in [1.29, 1.82) is 0 Å². The number of carbonyl (C=O) groups excluding carboxylic acids is 1. The van der Waals surface area contributed by atoms with E-state index in [1.54, 1.807) is 13.3 Å². The van der Waals surface area contributed by atoms with Crippen molar-refractivity contribution in [1.82, 2.24) is 10.3 Å². The summed E-state index contributed by atoms with van der Waals surface area (Å²) in [5.41, 5.74) is 3.80. The van der Waals surface area contributed by atoms with Crippen molar-refractivity contribution in [2.45, 2.75) is 32.9 Å². The van der Waals surface area contributed by atoms with E-state index in [1.165, 1.54) is 0 Å². The molecule has 3 rings (SSSR count). The Kier molecular flexibility index (Phi) is 4.19. The number of amides is 1. The second kappa shape index (κ2) is 6.28. The number of nitrogens with zero attached hydrogens (tertiary/aromatic N) is 1. The van der Waals surface area contributed by atoms with Crippen molar-refractivity contribution in [3.05, 3.63) is 52.8 Å². The maximum Gasteiger partial charge on any atom is 0.261 e. The van der Waals surface area contributed by atoms with Crippen molar-refractivity contribution in [2.24, 2.45) is 0 Å². The summed E-state index contributed by atoms with van der Waals surface area (Å²) in [6.07, 6.45) is 1.89. The minimum Gasteiger partial charge on any atom is -0.496 e. The molecule has 0 spiro atoms. The molecule has 1 aliphatic rings. The predicted molar refractivity (Wildman–Crippen MR) is 86.7 cm³/mol. The number of benzene rings is 1. The molecule has 120 valence electrons. The molecule has 1 aliphatic heterocycles. The first kappa shape index (κ1) is 15.3. The van der Waals surface area contributed by atoms with Crippen molar-refractivity contribution in [2.75, 3.05) is 7.11 Å². The van der Waals surface area contributed by atoms with Crippen molar-refractivity contribution >= 4 is 5.91 Å².